The Morgan fingerprint density at radius 2 is 0.935 bits per heavy atom. The van der Waals surface area contributed by atoms with Crippen molar-refractivity contribution in [1.29, 1.82) is 0 Å². The molecule has 0 aliphatic carbocycles. The molecule has 0 spiro atoms. The van der Waals surface area contributed by atoms with Crippen molar-refractivity contribution in [3.05, 3.63) is 60.8 Å². The van der Waals surface area contributed by atoms with Crippen LogP contribution in [0.25, 0.3) is 0 Å². The lowest BCUT2D eigenvalue weighted by molar-refractivity contribution is -0.150. The first-order valence-corrected chi connectivity index (χ1v) is 19.3. The molecule has 264 valence electrons. The molecule has 0 bridgehead atoms. The van der Waals surface area contributed by atoms with Crippen molar-refractivity contribution in [2.75, 3.05) is 0 Å². The van der Waals surface area contributed by atoms with Crippen LogP contribution in [-0.4, -0.2) is 23.1 Å². The molecule has 46 heavy (non-hydrogen) atoms. The SMILES string of the molecule is CC/C=C\C/C=C\C/C=C\CCCCCCCCCC(=O)OC(CCC/C=C\C/C=C\CCCCC)CCCCCCCC(=O)O. The first-order valence-electron chi connectivity index (χ1n) is 19.3. The fourth-order valence-corrected chi connectivity index (χ4v) is 5.41. The lowest BCUT2D eigenvalue weighted by Crippen LogP contribution is -2.18. The minimum absolute atomic E-state index is 0.00593. The second-order valence-corrected chi connectivity index (χ2v) is 12.7. The number of allylic oxidation sites excluding steroid dienone is 10. The molecular formula is C42H72O4. The van der Waals surface area contributed by atoms with Crippen molar-refractivity contribution in [2.24, 2.45) is 0 Å². The van der Waals surface area contributed by atoms with Crippen LogP contribution >= 0.6 is 0 Å². The van der Waals surface area contributed by atoms with Gasteiger partial charge in [0.15, 0.2) is 0 Å². The van der Waals surface area contributed by atoms with Crippen molar-refractivity contribution < 1.29 is 19.4 Å². The number of carboxylic acids is 1. The maximum Gasteiger partial charge on any atom is 0.306 e. The van der Waals surface area contributed by atoms with E-state index in [1.165, 1.54) is 64.2 Å². The number of rotatable bonds is 34. The third kappa shape index (κ3) is 36.1. The van der Waals surface area contributed by atoms with E-state index < -0.39 is 5.97 Å². The molecule has 0 saturated carbocycles. The van der Waals surface area contributed by atoms with Crippen molar-refractivity contribution in [2.45, 2.75) is 193 Å². The second-order valence-electron chi connectivity index (χ2n) is 12.7. The zero-order chi connectivity index (χ0) is 33.6. The predicted molar refractivity (Wildman–Crippen MR) is 199 cm³/mol. The highest BCUT2D eigenvalue weighted by molar-refractivity contribution is 5.69. The van der Waals surface area contributed by atoms with Crippen LogP contribution in [0.15, 0.2) is 60.8 Å². The number of ether oxygens (including phenoxy) is 1. The van der Waals surface area contributed by atoms with Crippen molar-refractivity contribution in [1.82, 2.24) is 0 Å². The highest BCUT2D eigenvalue weighted by Crippen LogP contribution is 2.17. The summed E-state index contributed by atoms with van der Waals surface area (Å²) >= 11 is 0. The van der Waals surface area contributed by atoms with E-state index in [0.29, 0.717) is 6.42 Å². The standard InChI is InChI=1S/C42H72O4/c1-3-5-7-9-11-13-15-16-17-18-19-20-22-24-26-31-35-39-42(45)46-40(37-33-29-27-30-34-38-41(43)44)36-32-28-25-23-21-14-12-10-8-6-4-2/h5,7,11-14,16-17,23,25,40H,3-4,6,8-10,15,18-22,24,26-39H2,1-2H3,(H,43,44)/b7-5-,13-11-,14-12-,17-16-,25-23-. The highest BCUT2D eigenvalue weighted by atomic mass is 16.5. The van der Waals surface area contributed by atoms with Gasteiger partial charge in [-0.15, -0.1) is 0 Å². The highest BCUT2D eigenvalue weighted by Gasteiger charge is 2.14. The largest absolute Gasteiger partial charge is 0.481 e. The van der Waals surface area contributed by atoms with Gasteiger partial charge in [-0.2, -0.15) is 0 Å². The first-order chi connectivity index (χ1) is 22.6. The molecule has 1 N–H and O–H groups in total. The number of unbranched alkanes of at least 4 members (excludes halogenated alkanes) is 15. The summed E-state index contributed by atoms with van der Waals surface area (Å²) in [5.74, 6) is -0.743. The van der Waals surface area contributed by atoms with Crippen molar-refractivity contribution >= 4 is 11.9 Å². The normalized spacial score (nSPS) is 12.9. The Morgan fingerprint density at radius 3 is 1.50 bits per heavy atom. The summed E-state index contributed by atoms with van der Waals surface area (Å²) in [6.45, 7) is 4.40. The van der Waals surface area contributed by atoms with Gasteiger partial charge >= 0.3 is 11.9 Å². The van der Waals surface area contributed by atoms with E-state index in [2.05, 4.69) is 74.6 Å². The van der Waals surface area contributed by atoms with Crippen LogP contribution < -0.4 is 0 Å². The van der Waals surface area contributed by atoms with Crippen LogP contribution in [0, 0.1) is 0 Å². The molecule has 0 aromatic heterocycles. The fourth-order valence-electron chi connectivity index (χ4n) is 5.41. The Kier molecular flexibility index (Phi) is 35.2. The van der Waals surface area contributed by atoms with Crippen LogP contribution in [-0.2, 0) is 14.3 Å². The first kappa shape index (κ1) is 43.6. The molecule has 0 rings (SSSR count). The molecule has 0 saturated heterocycles. The van der Waals surface area contributed by atoms with Crippen molar-refractivity contribution in [3.8, 4) is 0 Å². The summed E-state index contributed by atoms with van der Waals surface area (Å²) < 4.78 is 5.96. The summed E-state index contributed by atoms with van der Waals surface area (Å²) in [6, 6.07) is 0. The minimum atomic E-state index is -0.710. The predicted octanol–water partition coefficient (Wildman–Crippen LogP) is 13.3. The lowest BCUT2D eigenvalue weighted by Gasteiger charge is -2.18. The molecule has 0 radical (unpaired) electrons. The Balaban J connectivity index is 4.10. The van der Waals surface area contributed by atoms with E-state index in [-0.39, 0.29) is 18.5 Å². The van der Waals surface area contributed by atoms with E-state index in [1.807, 2.05) is 0 Å². The number of carbonyl (C=O) groups excluding carboxylic acids is 1. The molecule has 0 aromatic rings. The van der Waals surface area contributed by atoms with Gasteiger partial charge in [0.25, 0.3) is 0 Å². The molecule has 0 amide bonds. The second kappa shape index (κ2) is 37.1. The van der Waals surface area contributed by atoms with E-state index >= 15 is 0 Å². The van der Waals surface area contributed by atoms with E-state index in [1.54, 1.807) is 0 Å². The van der Waals surface area contributed by atoms with Gasteiger partial charge < -0.3 is 9.84 Å². The average Bonchev–Trinajstić information content (AvgIpc) is 3.04. The topological polar surface area (TPSA) is 63.6 Å². The van der Waals surface area contributed by atoms with Crippen LogP contribution in [0.4, 0.5) is 0 Å². The van der Waals surface area contributed by atoms with E-state index in [4.69, 9.17) is 9.84 Å². The van der Waals surface area contributed by atoms with Gasteiger partial charge in [-0.25, -0.2) is 0 Å². The number of hydrogen-bond donors (Lipinski definition) is 1. The summed E-state index contributed by atoms with van der Waals surface area (Å²) in [7, 11) is 0. The molecule has 0 heterocycles. The van der Waals surface area contributed by atoms with Crippen LogP contribution in [0.1, 0.15) is 187 Å². The fraction of sp³-hybridized carbons (Fsp3) is 0.714. The van der Waals surface area contributed by atoms with Gasteiger partial charge in [-0.1, -0.05) is 139 Å². The Bertz CT molecular complexity index is 820. The smallest absolute Gasteiger partial charge is 0.306 e. The summed E-state index contributed by atoms with van der Waals surface area (Å²) in [4.78, 5) is 23.3. The monoisotopic (exact) mass is 641 g/mol. The molecule has 1 atom stereocenters. The Morgan fingerprint density at radius 1 is 0.500 bits per heavy atom. The number of esters is 1. The van der Waals surface area contributed by atoms with E-state index in [0.717, 1.165) is 96.3 Å². The summed E-state index contributed by atoms with van der Waals surface area (Å²) in [6.07, 6.45) is 50.9. The third-order valence-electron chi connectivity index (χ3n) is 8.22. The number of hydrogen-bond acceptors (Lipinski definition) is 3. The molecule has 0 fully saturated rings. The van der Waals surface area contributed by atoms with Gasteiger partial charge in [0, 0.05) is 12.8 Å². The maximum atomic E-state index is 12.6. The Labute approximate surface area is 284 Å². The van der Waals surface area contributed by atoms with E-state index in [9.17, 15) is 9.59 Å². The zero-order valence-corrected chi connectivity index (χ0v) is 30.1. The molecule has 4 nitrogen and oxygen atoms in total. The average molecular weight is 641 g/mol. The summed E-state index contributed by atoms with van der Waals surface area (Å²) in [5, 5.41) is 8.81. The van der Waals surface area contributed by atoms with Gasteiger partial charge in [0.05, 0.1) is 0 Å². The quantitative estimate of drug-likeness (QED) is 0.0432. The molecule has 0 aromatic carbocycles. The van der Waals surface area contributed by atoms with Crippen LogP contribution in [0.5, 0.6) is 0 Å². The van der Waals surface area contributed by atoms with Crippen molar-refractivity contribution in [3.63, 3.8) is 0 Å². The van der Waals surface area contributed by atoms with Gasteiger partial charge in [-0.3, -0.25) is 9.59 Å². The molecule has 1 unspecified atom stereocenters. The van der Waals surface area contributed by atoms with Crippen LogP contribution in [0.2, 0.25) is 0 Å². The minimum Gasteiger partial charge on any atom is -0.481 e. The van der Waals surface area contributed by atoms with Gasteiger partial charge in [-0.05, 0) is 96.3 Å². The zero-order valence-electron chi connectivity index (χ0n) is 30.1. The third-order valence-corrected chi connectivity index (χ3v) is 8.22. The summed E-state index contributed by atoms with van der Waals surface area (Å²) in [5.41, 5.74) is 0. The van der Waals surface area contributed by atoms with Gasteiger partial charge in [0.2, 0.25) is 0 Å². The molecular weight excluding hydrogens is 568 g/mol. The maximum absolute atomic E-state index is 12.6. The number of aliphatic carboxylic acids is 1. The number of carboxylic acid groups (broad SMARTS) is 1. The number of carbonyl (C=O) groups is 2. The molecule has 4 heteroatoms. The lowest BCUT2D eigenvalue weighted by atomic mass is 10.0. The van der Waals surface area contributed by atoms with Gasteiger partial charge in [0.1, 0.15) is 6.10 Å². The Hall–Kier alpha value is -2.36. The molecule has 0 aliphatic heterocycles. The van der Waals surface area contributed by atoms with Crippen LogP contribution in [0.3, 0.4) is 0 Å². The molecule has 0 aliphatic rings.